The Kier molecular flexibility index (Phi) is 9.09. The topological polar surface area (TPSA) is 121 Å². The largest absolute Gasteiger partial charge is 0.444 e. The highest BCUT2D eigenvalue weighted by Crippen LogP contribution is 3.02. The van der Waals surface area contributed by atoms with Gasteiger partial charge in [-0.15, -0.1) is 0 Å². The number of pyridine rings is 1. The van der Waals surface area contributed by atoms with E-state index in [2.05, 4.69) is 10.3 Å². The molecular weight excluding hydrogens is 641 g/mol. The molecule has 17 heteroatoms. The van der Waals surface area contributed by atoms with E-state index in [0.29, 0.717) is 38.2 Å². The van der Waals surface area contributed by atoms with Gasteiger partial charge in [-0.25, -0.2) is 4.79 Å². The van der Waals surface area contributed by atoms with E-state index in [-0.39, 0.29) is 36.0 Å². The van der Waals surface area contributed by atoms with Crippen molar-refractivity contribution in [3.05, 3.63) is 54.4 Å². The fourth-order valence-electron chi connectivity index (χ4n) is 5.07. The number of nitrogens with zero attached hydrogens (tertiary/aromatic N) is 4. The lowest BCUT2D eigenvalue weighted by atomic mass is 10.0. The second-order valence-corrected chi connectivity index (χ2v) is 14.6. The summed E-state index contributed by atoms with van der Waals surface area (Å²) in [5.74, 6) is -2.25. The number of hydrogen-bond acceptors (Lipinski definition) is 7. The highest BCUT2D eigenvalue weighted by molar-refractivity contribution is 8.45. The molecule has 4 amide bonds. The van der Waals surface area contributed by atoms with E-state index >= 15 is 0 Å². The maximum absolute atomic E-state index is 14.6. The Labute approximate surface area is 262 Å². The standard InChI is InChI=1S/C29H36F5N5O6S/c1-29(2,3)45-28(43)38-18-24(40)37(4)17-23(38)27(42)39(21-7-9-22(10-8-21)46(30,31,32,33)34)25(19-6-5-13-35-16-19)26(41)36-20-11-14-44-15-12-20/h5-10,13,16,20,23,25H,11-12,14-15,17-18H2,1-4H3,(H,36,41)/t23-,25?/m1/s1. The minimum absolute atomic E-state index is 0.135. The Hall–Kier alpha value is -3.99. The van der Waals surface area contributed by atoms with Gasteiger partial charge in [0, 0.05) is 49.9 Å². The van der Waals surface area contributed by atoms with Crippen molar-refractivity contribution in [1.82, 2.24) is 20.1 Å². The van der Waals surface area contributed by atoms with Crippen molar-refractivity contribution in [1.29, 1.82) is 0 Å². The molecule has 11 nitrogen and oxygen atoms in total. The number of ether oxygens (including phenoxy) is 2. The third-order valence-electron chi connectivity index (χ3n) is 7.34. The lowest BCUT2D eigenvalue weighted by Gasteiger charge is -2.43. The Bertz CT molecular complexity index is 1470. The van der Waals surface area contributed by atoms with E-state index in [1.807, 2.05) is 0 Å². The summed E-state index contributed by atoms with van der Waals surface area (Å²) >= 11 is 0. The van der Waals surface area contributed by atoms with E-state index < -0.39 is 63.2 Å². The van der Waals surface area contributed by atoms with Crippen molar-refractivity contribution in [3.8, 4) is 0 Å². The molecule has 1 aromatic heterocycles. The molecule has 0 radical (unpaired) electrons. The van der Waals surface area contributed by atoms with Gasteiger partial charge in [-0.3, -0.25) is 29.2 Å². The monoisotopic (exact) mass is 677 g/mol. The third kappa shape index (κ3) is 8.43. The van der Waals surface area contributed by atoms with Gasteiger partial charge in [-0.1, -0.05) is 25.5 Å². The summed E-state index contributed by atoms with van der Waals surface area (Å²) in [4.78, 5) is 59.3. The van der Waals surface area contributed by atoms with E-state index in [0.717, 1.165) is 9.80 Å². The predicted molar refractivity (Wildman–Crippen MR) is 159 cm³/mol. The molecule has 2 aromatic rings. The summed E-state index contributed by atoms with van der Waals surface area (Å²) < 4.78 is 79.0. The normalized spacial score (nSPS) is 20.3. The Morgan fingerprint density at radius 1 is 1.07 bits per heavy atom. The van der Waals surface area contributed by atoms with Crippen LogP contribution < -0.4 is 10.2 Å². The van der Waals surface area contributed by atoms with Crippen LogP contribution in [0.15, 0.2) is 53.7 Å². The zero-order valence-electron chi connectivity index (χ0n) is 25.6. The zero-order valence-corrected chi connectivity index (χ0v) is 26.4. The fraction of sp³-hybridized carbons (Fsp3) is 0.483. The van der Waals surface area contributed by atoms with Crippen molar-refractivity contribution in [2.24, 2.45) is 0 Å². The van der Waals surface area contributed by atoms with Gasteiger partial charge in [0.15, 0.2) is 0 Å². The van der Waals surface area contributed by atoms with Crippen LogP contribution in [-0.2, 0) is 23.9 Å². The van der Waals surface area contributed by atoms with Gasteiger partial charge in [-0.2, -0.15) is 0 Å². The first kappa shape index (κ1) is 34.9. The van der Waals surface area contributed by atoms with E-state index in [4.69, 9.17) is 9.47 Å². The van der Waals surface area contributed by atoms with Crippen LogP contribution in [0.5, 0.6) is 0 Å². The van der Waals surface area contributed by atoms with E-state index in [1.165, 1.54) is 36.5 Å². The highest BCUT2D eigenvalue weighted by Gasteiger charge is 2.65. The predicted octanol–water partition coefficient (Wildman–Crippen LogP) is 5.19. The molecule has 2 aliphatic heterocycles. The fourth-order valence-corrected chi connectivity index (χ4v) is 5.72. The smallest absolute Gasteiger partial charge is 0.411 e. The number of anilines is 1. The lowest BCUT2D eigenvalue weighted by molar-refractivity contribution is -0.141. The maximum Gasteiger partial charge on any atom is 0.411 e. The second-order valence-electron chi connectivity index (χ2n) is 12.2. The summed E-state index contributed by atoms with van der Waals surface area (Å²) in [5.41, 5.74) is -1.24. The first-order valence-corrected chi connectivity index (χ1v) is 16.3. The molecule has 4 rings (SSSR count). The molecule has 1 unspecified atom stereocenters. The Balaban J connectivity index is 1.86. The Morgan fingerprint density at radius 3 is 2.24 bits per heavy atom. The molecule has 1 N–H and O–H groups in total. The van der Waals surface area contributed by atoms with E-state index in [1.54, 1.807) is 20.8 Å². The van der Waals surface area contributed by atoms with Gasteiger partial charge in [-0.05, 0) is 63.9 Å². The van der Waals surface area contributed by atoms with Gasteiger partial charge >= 0.3 is 16.3 Å². The molecule has 0 bridgehead atoms. The van der Waals surface area contributed by atoms with Crippen LogP contribution in [0.4, 0.5) is 29.9 Å². The van der Waals surface area contributed by atoms with Crippen LogP contribution in [0, 0.1) is 0 Å². The molecule has 0 saturated carbocycles. The molecule has 0 aliphatic carbocycles. The van der Waals surface area contributed by atoms with Crippen molar-refractivity contribution < 1.29 is 48.1 Å². The number of nitrogens with one attached hydrogen (secondary N) is 1. The summed E-state index contributed by atoms with van der Waals surface area (Å²) in [6.07, 6.45) is 2.55. The number of amides is 4. The van der Waals surface area contributed by atoms with Gasteiger partial charge in [0.05, 0.1) is 6.54 Å². The molecule has 2 saturated heterocycles. The average molecular weight is 678 g/mol. The number of carbonyl (C=O) groups is 4. The summed E-state index contributed by atoms with van der Waals surface area (Å²) in [7, 11) is -8.71. The van der Waals surface area contributed by atoms with Gasteiger partial charge < -0.3 is 19.7 Å². The quantitative estimate of drug-likeness (QED) is 0.401. The molecule has 1 aromatic carbocycles. The molecule has 2 fully saturated rings. The maximum atomic E-state index is 14.6. The van der Waals surface area contributed by atoms with Crippen molar-refractivity contribution in [2.45, 2.75) is 62.2 Å². The number of hydrogen-bond donors (Lipinski definition) is 1. The average Bonchev–Trinajstić information content (AvgIpc) is 2.95. The summed E-state index contributed by atoms with van der Waals surface area (Å²) in [6.45, 7) is 4.49. The minimum Gasteiger partial charge on any atom is -0.444 e. The zero-order chi connectivity index (χ0) is 34.1. The van der Waals surface area contributed by atoms with Crippen molar-refractivity contribution in [2.75, 3.05) is 38.3 Å². The molecule has 254 valence electrons. The molecule has 2 atom stereocenters. The number of rotatable bonds is 7. The van der Waals surface area contributed by atoms with Crippen molar-refractivity contribution in [3.63, 3.8) is 0 Å². The van der Waals surface area contributed by atoms with Gasteiger partial charge in [0.1, 0.15) is 29.1 Å². The van der Waals surface area contributed by atoms with Crippen LogP contribution in [0.3, 0.4) is 0 Å². The third-order valence-corrected chi connectivity index (χ3v) is 8.50. The molecule has 2 aliphatic rings. The van der Waals surface area contributed by atoms with Crippen LogP contribution in [0.1, 0.15) is 45.2 Å². The van der Waals surface area contributed by atoms with Crippen LogP contribution in [0.25, 0.3) is 0 Å². The lowest BCUT2D eigenvalue weighted by Crippen LogP contribution is -2.63. The number of halogens is 5. The van der Waals surface area contributed by atoms with Gasteiger partial charge in [0.2, 0.25) is 11.8 Å². The number of aromatic nitrogens is 1. The number of carbonyl (C=O) groups excluding carboxylic acids is 4. The molecule has 0 spiro atoms. The van der Waals surface area contributed by atoms with Gasteiger partial charge in [0.25, 0.3) is 5.91 Å². The minimum atomic E-state index is -10.1. The van der Waals surface area contributed by atoms with Crippen LogP contribution in [0.2, 0.25) is 0 Å². The van der Waals surface area contributed by atoms with Crippen LogP contribution >= 0.6 is 10.2 Å². The van der Waals surface area contributed by atoms with Crippen molar-refractivity contribution >= 4 is 39.7 Å². The van der Waals surface area contributed by atoms with Crippen LogP contribution in [-0.4, -0.2) is 89.6 Å². The second kappa shape index (κ2) is 12.0. The first-order valence-electron chi connectivity index (χ1n) is 14.3. The number of likely N-dealkylation sites (N-methyl/N-ethyl adjacent to an activating group) is 1. The first-order chi connectivity index (χ1) is 21.1. The number of benzene rings is 1. The Morgan fingerprint density at radius 2 is 1.70 bits per heavy atom. The van der Waals surface area contributed by atoms with E-state index in [9.17, 15) is 38.6 Å². The molecular formula is C29H36F5N5O6S. The SMILES string of the molecule is CN1C[C@H](C(=O)N(c2ccc(S(F)(F)(F)(F)F)cc2)C(C(=O)NC2CCOCC2)c2cccnc2)N(C(=O)OC(C)(C)C)CC1=O. The molecule has 46 heavy (non-hydrogen) atoms. The summed E-state index contributed by atoms with van der Waals surface area (Å²) in [5, 5.41) is 2.85. The highest BCUT2D eigenvalue weighted by atomic mass is 32.5. The number of piperazine rings is 1. The molecule has 3 heterocycles. The summed E-state index contributed by atoms with van der Waals surface area (Å²) in [6, 6.07) is 1.09.